The van der Waals surface area contributed by atoms with E-state index in [1.165, 1.54) is 0 Å². The summed E-state index contributed by atoms with van der Waals surface area (Å²) in [6.07, 6.45) is -1.10. The molecule has 1 aromatic heterocycles. The van der Waals surface area contributed by atoms with Crippen LogP contribution in [0.15, 0.2) is 30.3 Å². The van der Waals surface area contributed by atoms with Crippen molar-refractivity contribution in [3.05, 3.63) is 52.7 Å². The number of ether oxygens (including phenoxy) is 1. The van der Waals surface area contributed by atoms with Gasteiger partial charge in [-0.1, -0.05) is 35.7 Å². The molecule has 1 aliphatic rings. The number of hydrogen-bond acceptors (Lipinski definition) is 3. The van der Waals surface area contributed by atoms with Gasteiger partial charge in [0.05, 0.1) is 22.5 Å². The van der Waals surface area contributed by atoms with Crippen molar-refractivity contribution in [2.75, 3.05) is 18.5 Å². The minimum atomic E-state index is -1.10. The van der Waals surface area contributed by atoms with Crippen LogP contribution in [0.2, 0.25) is 0 Å². The van der Waals surface area contributed by atoms with Gasteiger partial charge in [0.1, 0.15) is 0 Å². The summed E-state index contributed by atoms with van der Waals surface area (Å²) in [7, 11) is 2.07. The molecule has 0 amide bonds. The van der Waals surface area contributed by atoms with Gasteiger partial charge in [-0.3, -0.25) is 0 Å². The largest absolute Gasteiger partial charge is 0.479 e. The lowest BCUT2D eigenvalue weighted by Gasteiger charge is -2.34. The molecule has 4 rings (SSSR count). The highest BCUT2D eigenvalue weighted by molar-refractivity contribution is 6.08. The van der Waals surface area contributed by atoms with Crippen molar-refractivity contribution in [1.29, 1.82) is 0 Å². The van der Waals surface area contributed by atoms with E-state index in [1.807, 2.05) is 34.6 Å². The first-order valence-corrected chi connectivity index (χ1v) is 11.3. The number of anilines is 1. The van der Waals surface area contributed by atoms with Crippen LogP contribution in [-0.2, 0) is 16.1 Å². The maximum atomic E-state index is 12.6. The number of carboxylic acid groups (broad SMARTS) is 1. The molecule has 172 valence electrons. The third kappa shape index (κ3) is 4.00. The van der Waals surface area contributed by atoms with Crippen molar-refractivity contribution in [1.82, 2.24) is 4.57 Å². The highest BCUT2D eigenvalue weighted by Gasteiger charge is 2.35. The number of hydrogen-bond donors (Lipinski definition) is 1. The van der Waals surface area contributed by atoms with Crippen molar-refractivity contribution in [3.8, 4) is 23.0 Å². The van der Waals surface area contributed by atoms with Gasteiger partial charge in [0.25, 0.3) is 0 Å². The van der Waals surface area contributed by atoms with E-state index in [2.05, 4.69) is 65.6 Å². The van der Waals surface area contributed by atoms with Crippen LogP contribution in [0.5, 0.6) is 0 Å². The van der Waals surface area contributed by atoms with Crippen LogP contribution < -0.4 is 4.90 Å². The summed E-state index contributed by atoms with van der Waals surface area (Å²) in [5.41, 5.74) is 7.19. The van der Waals surface area contributed by atoms with Crippen LogP contribution in [0.25, 0.3) is 22.0 Å². The Hall–Kier alpha value is -3.23. The van der Waals surface area contributed by atoms with Crippen LogP contribution in [0.1, 0.15) is 56.2 Å². The van der Waals surface area contributed by atoms with Gasteiger partial charge < -0.3 is 19.3 Å². The number of aromatic nitrogens is 1. The van der Waals surface area contributed by atoms with Crippen molar-refractivity contribution in [2.45, 2.75) is 59.8 Å². The first-order chi connectivity index (χ1) is 15.5. The fourth-order valence-corrected chi connectivity index (χ4v) is 4.87. The first kappa shape index (κ1) is 22.9. The Kier molecular flexibility index (Phi) is 5.76. The van der Waals surface area contributed by atoms with Gasteiger partial charge >= 0.3 is 5.97 Å². The minimum absolute atomic E-state index is 0.622. The van der Waals surface area contributed by atoms with Gasteiger partial charge in [0, 0.05) is 31.1 Å². The predicted molar refractivity (Wildman–Crippen MR) is 134 cm³/mol. The molecule has 3 aromatic rings. The molecule has 0 saturated carbocycles. The fraction of sp³-hybridized carbons (Fsp3) is 0.393. The average molecular weight is 445 g/mol. The van der Waals surface area contributed by atoms with E-state index in [1.54, 1.807) is 0 Å². The fourth-order valence-electron chi connectivity index (χ4n) is 4.87. The molecule has 1 atom stereocenters. The summed E-state index contributed by atoms with van der Waals surface area (Å²) in [5.74, 6) is 5.31. The van der Waals surface area contributed by atoms with Gasteiger partial charge in [-0.25, -0.2) is 4.79 Å². The molecule has 2 heterocycles. The summed E-state index contributed by atoms with van der Waals surface area (Å²) in [6.45, 7) is 13.3. The van der Waals surface area contributed by atoms with Crippen molar-refractivity contribution >= 4 is 22.6 Å². The number of aliphatic carboxylic acids is 1. The molecule has 33 heavy (non-hydrogen) atoms. The summed E-state index contributed by atoms with van der Waals surface area (Å²) in [5, 5.41) is 11.3. The van der Waals surface area contributed by atoms with Gasteiger partial charge in [-0.15, -0.1) is 0 Å². The molecule has 0 fully saturated rings. The van der Waals surface area contributed by atoms with Crippen molar-refractivity contribution in [2.24, 2.45) is 0 Å². The van der Waals surface area contributed by atoms with Crippen LogP contribution in [0, 0.1) is 25.7 Å². The number of rotatable bonds is 4. The predicted octanol–water partition coefficient (Wildman–Crippen LogP) is 5.69. The molecule has 2 aromatic carbocycles. The van der Waals surface area contributed by atoms with Crippen LogP contribution in [-0.4, -0.2) is 34.8 Å². The Morgan fingerprint density at radius 2 is 1.82 bits per heavy atom. The Balaban J connectivity index is 2.19. The van der Waals surface area contributed by atoms with Gasteiger partial charge in [0.2, 0.25) is 0 Å². The second-order valence-corrected chi connectivity index (χ2v) is 9.82. The second-order valence-electron chi connectivity index (χ2n) is 9.82. The maximum Gasteiger partial charge on any atom is 0.337 e. The van der Waals surface area contributed by atoms with E-state index in [9.17, 15) is 9.90 Å². The molecule has 5 heteroatoms. The summed E-state index contributed by atoms with van der Waals surface area (Å²) in [4.78, 5) is 14.8. The Morgan fingerprint density at radius 3 is 2.39 bits per heavy atom. The van der Waals surface area contributed by atoms with Crippen molar-refractivity contribution in [3.63, 3.8) is 0 Å². The van der Waals surface area contributed by atoms with Gasteiger partial charge in [-0.05, 0) is 70.2 Å². The molecule has 1 N–H and O–H groups in total. The maximum absolute atomic E-state index is 12.6. The van der Waals surface area contributed by atoms with Gasteiger partial charge in [-0.2, -0.15) is 0 Å². The molecule has 0 radical (unpaired) electrons. The SMILES string of the molecule is CC#Cc1cc2c(-c3ccc(C)cc3)c([C@H](OC(C)(C)C)C(=O)O)c(C)c3c2n1CCN3C. The van der Waals surface area contributed by atoms with Crippen LogP contribution in [0.4, 0.5) is 5.69 Å². The van der Waals surface area contributed by atoms with E-state index in [0.29, 0.717) is 5.56 Å². The molecular weight excluding hydrogens is 412 g/mol. The summed E-state index contributed by atoms with van der Waals surface area (Å²) >= 11 is 0. The molecule has 0 aliphatic carbocycles. The van der Waals surface area contributed by atoms with E-state index < -0.39 is 17.7 Å². The molecule has 0 saturated heterocycles. The first-order valence-electron chi connectivity index (χ1n) is 11.3. The topological polar surface area (TPSA) is 54.7 Å². The van der Waals surface area contributed by atoms with Crippen LogP contribution in [0.3, 0.4) is 0 Å². The lowest BCUT2D eigenvalue weighted by atomic mass is 9.87. The third-order valence-corrected chi connectivity index (χ3v) is 6.21. The monoisotopic (exact) mass is 444 g/mol. The molecule has 0 bridgehead atoms. The zero-order chi connectivity index (χ0) is 24.1. The second kappa shape index (κ2) is 8.28. The van der Waals surface area contributed by atoms with E-state index in [0.717, 1.165) is 57.6 Å². The Morgan fingerprint density at radius 1 is 1.15 bits per heavy atom. The average Bonchev–Trinajstić information content (AvgIpc) is 3.08. The summed E-state index contributed by atoms with van der Waals surface area (Å²) in [6, 6.07) is 10.4. The molecule has 5 nitrogen and oxygen atoms in total. The quantitative estimate of drug-likeness (QED) is 0.526. The van der Waals surface area contributed by atoms with E-state index >= 15 is 0 Å². The molecule has 0 spiro atoms. The molecule has 0 unspecified atom stereocenters. The number of carboxylic acids is 1. The molecule has 1 aliphatic heterocycles. The summed E-state index contributed by atoms with van der Waals surface area (Å²) < 4.78 is 8.46. The van der Waals surface area contributed by atoms with Crippen LogP contribution >= 0.6 is 0 Å². The Labute approximate surface area is 196 Å². The lowest BCUT2D eigenvalue weighted by Crippen LogP contribution is -2.31. The zero-order valence-corrected chi connectivity index (χ0v) is 20.5. The number of likely N-dealkylation sites (N-methyl/N-ethyl adjacent to an activating group) is 1. The normalized spacial score (nSPS) is 14.2. The number of carbonyl (C=O) groups is 1. The van der Waals surface area contributed by atoms with Gasteiger partial charge in [0.15, 0.2) is 6.10 Å². The Bertz CT molecular complexity index is 1300. The third-order valence-electron chi connectivity index (χ3n) is 6.21. The standard InChI is InChI=1S/C28H32N2O3/c1-8-9-20-16-21-23(19-12-10-17(2)11-13-19)22(26(27(31)32)33-28(4,5)6)18(3)24-25(21)30(20)15-14-29(24)7/h10-13,16,26H,14-15H2,1-7H3,(H,31,32)/t26-/m0/s1. The highest BCUT2D eigenvalue weighted by atomic mass is 16.5. The van der Waals surface area contributed by atoms with Crippen molar-refractivity contribution < 1.29 is 14.6 Å². The minimum Gasteiger partial charge on any atom is -0.479 e. The highest BCUT2D eigenvalue weighted by Crippen LogP contribution is 2.47. The lowest BCUT2D eigenvalue weighted by molar-refractivity contribution is -0.160. The van der Waals surface area contributed by atoms with E-state index in [-0.39, 0.29) is 0 Å². The van der Waals surface area contributed by atoms with E-state index in [4.69, 9.17) is 4.74 Å². The smallest absolute Gasteiger partial charge is 0.337 e. The number of benzene rings is 2. The number of aryl methyl sites for hydroxylation is 1. The number of nitrogens with zero attached hydrogens (tertiary/aromatic N) is 2. The molecular formula is C28H32N2O3. The zero-order valence-electron chi connectivity index (χ0n) is 20.5.